The van der Waals surface area contributed by atoms with Crippen LogP contribution in [0.2, 0.25) is 0 Å². The summed E-state index contributed by atoms with van der Waals surface area (Å²) in [6, 6.07) is 0.582. The molecule has 0 spiro atoms. The van der Waals surface area contributed by atoms with Crippen LogP contribution in [0.5, 0.6) is 0 Å². The lowest BCUT2D eigenvalue weighted by molar-refractivity contribution is 0.0684. The van der Waals surface area contributed by atoms with Crippen LogP contribution in [-0.4, -0.2) is 26.0 Å². The number of hydrogen-bond donors (Lipinski definition) is 1. The van der Waals surface area contributed by atoms with Crippen molar-refractivity contribution in [2.24, 2.45) is 0 Å². The minimum Gasteiger partial charge on any atom is -0.476 e. The summed E-state index contributed by atoms with van der Waals surface area (Å²) in [5.74, 6) is -1.33. The first-order chi connectivity index (χ1) is 9.81. The van der Waals surface area contributed by atoms with E-state index in [1.54, 1.807) is 0 Å². The smallest absolute Gasteiger partial charge is 0.358 e. The summed E-state index contributed by atoms with van der Waals surface area (Å²) >= 11 is 0. The molecule has 21 heavy (non-hydrogen) atoms. The highest BCUT2D eigenvalue weighted by Gasteiger charge is 2.25. The second kappa shape index (κ2) is 5.54. The summed E-state index contributed by atoms with van der Waals surface area (Å²) in [5, 5.41) is 15.6. The average Bonchev–Trinajstić information content (AvgIpc) is 2.95. The van der Waals surface area contributed by atoms with Crippen molar-refractivity contribution in [3.8, 4) is 0 Å². The molecular formula is C11H9F4N3O3. The SMILES string of the molecule is Cc1onc(C(=O)O)c1Cn1nc(C(F)F)cc1C(F)F. The van der Waals surface area contributed by atoms with Crippen LogP contribution in [0, 0.1) is 6.92 Å². The van der Waals surface area contributed by atoms with E-state index in [9.17, 15) is 22.4 Å². The number of aryl methyl sites for hydroxylation is 1. The van der Waals surface area contributed by atoms with E-state index in [1.165, 1.54) is 6.92 Å². The molecule has 0 aliphatic heterocycles. The van der Waals surface area contributed by atoms with E-state index in [-0.39, 0.29) is 11.3 Å². The molecule has 0 unspecified atom stereocenters. The fourth-order valence-corrected chi connectivity index (χ4v) is 1.76. The Kier molecular flexibility index (Phi) is 3.96. The van der Waals surface area contributed by atoms with Crippen molar-refractivity contribution in [2.75, 3.05) is 0 Å². The first-order valence-corrected chi connectivity index (χ1v) is 5.63. The number of carboxylic acid groups (broad SMARTS) is 1. The standard InChI is InChI=1S/C11H9F4N3O3/c1-4-5(8(11(19)20)17-21-4)3-18-7(10(14)15)2-6(16-18)9(12)13/h2,9-10H,3H2,1H3,(H,19,20). The minimum absolute atomic E-state index is 0.00619. The third-order valence-electron chi connectivity index (χ3n) is 2.77. The maximum Gasteiger partial charge on any atom is 0.358 e. The van der Waals surface area contributed by atoms with Crippen molar-refractivity contribution in [2.45, 2.75) is 26.3 Å². The quantitative estimate of drug-likeness (QED) is 0.859. The molecule has 0 bridgehead atoms. The van der Waals surface area contributed by atoms with Gasteiger partial charge in [0.05, 0.1) is 12.1 Å². The number of halogens is 4. The Balaban J connectivity index is 2.44. The van der Waals surface area contributed by atoms with Crippen LogP contribution < -0.4 is 0 Å². The maximum atomic E-state index is 12.8. The summed E-state index contributed by atoms with van der Waals surface area (Å²) in [6.07, 6.45) is -6.04. The highest BCUT2D eigenvalue weighted by Crippen LogP contribution is 2.26. The topological polar surface area (TPSA) is 81.1 Å². The summed E-state index contributed by atoms with van der Waals surface area (Å²) in [5.41, 5.74) is -2.02. The lowest BCUT2D eigenvalue weighted by Crippen LogP contribution is -2.11. The first kappa shape index (κ1) is 15.0. The van der Waals surface area contributed by atoms with Gasteiger partial charge < -0.3 is 9.63 Å². The van der Waals surface area contributed by atoms with E-state index < -0.39 is 42.4 Å². The molecule has 0 atom stereocenters. The second-order valence-corrected chi connectivity index (χ2v) is 4.12. The zero-order chi connectivity index (χ0) is 15.7. The molecule has 2 aromatic rings. The zero-order valence-electron chi connectivity index (χ0n) is 10.6. The Morgan fingerprint density at radius 2 is 2.05 bits per heavy atom. The molecule has 2 rings (SSSR count). The third kappa shape index (κ3) is 2.88. The normalized spacial score (nSPS) is 11.6. The molecule has 2 heterocycles. The lowest BCUT2D eigenvalue weighted by Gasteiger charge is -2.06. The van der Waals surface area contributed by atoms with E-state index in [2.05, 4.69) is 14.8 Å². The van der Waals surface area contributed by atoms with Gasteiger partial charge in [-0.05, 0) is 13.0 Å². The largest absolute Gasteiger partial charge is 0.476 e. The van der Waals surface area contributed by atoms with Gasteiger partial charge in [-0.15, -0.1) is 0 Å². The van der Waals surface area contributed by atoms with Gasteiger partial charge in [-0.2, -0.15) is 5.10 Å². The van der Waals surface area contributed by atoms with E-state index in [1.807, 2.05) is 0 Å². The molecule has 2 aromatic heterocycles. The highest BCUT2D eigenvalue weighted by molar-refractivity contribution is 5.87. The van der Waals surface area contributed by atoms with Crippen molar-refractivity contribution in [1.29, 1.82) is 0 Å². The number of hydrogen-bond acceptors (Lipinski definition) is 4. The van der Waals surface area contributed by atoms with Gasteiger partial charge in [-0.25, -0.2) is 22.4 Å². The Labute approximate surface area is 115 Å². The van der Waals surface area contributed by atoms with Gasteiger partial charge in [0.1, 0.15) is 17.1 Å². The van der Waals surface area contributed by atoms with Crippen LogP contribution >= 0.6 is 0 Å². The summed E-state index contributed by atoms with van der Waals surface area (Å²) in [7, 11) is 0. The molecule has 0 radical (unpaired) electrons. The summed E-state index contributed by atoms with van der Waals surface area (Å²) in [6.45, 7) is 0.928. The van der Waals surface area contributed by atoms with Gasteiger partial charge in [0.25, 0.3) is 12.9 Å². The predicted molar refractivity (Wildman–Crippen MR) is 59.4 cm³/mol. The average molecular weight is 307 g/mol. The minimum atomic E-state index is -3.03. The summed E-state index contributed by atoms with van der Waals surface area (Å²) in [4.78, 5) is 10.9. The van der Waals surface area contributed by atoms with Gasteiger partial charge in [-0.3, -0.25) is 4.68 Å². The predicted octanol–water partition coefficient (Wildman–Crippen LogP) is 2.80. The van der Waals surface area contributed by atoms with Crippen LogP contribution in [0.25, 0.3) is 0 Å². The maximum absolute atomic E-state index is 12.8. The van der Waals surface area contributed by atoms with E-state index >= 15 is 0 Å². The fourth-order valence-electron chi connectivity index (χ4n) is 1.76. The van der Waals surface area contributed by atoms with Crippen molar-refractivity contribution in [1.82, 2.24) is 14.9 Å². The third-order valence-corrected chi connectivity index (χ3v) is 2.77. The van der Waals surface area contributed by atoms with E-state index in [4.69, 9.17) is 5.11 Å². The molecule has 1 N–H and O–H groups in total. The Morgan fingerprint density at radius 1 is 1.38 bits per heavy atom. The number of aromatic nitrogens is 3. The Morgan fingerprint density at radius 3 is 2.57 bits per heavy atom. The highest BCUT2D eigenvalue weighted by atomic mass is 19.3. The number of rotatable bonds is 5. The molecule has 0 aliphatic carbocycles. The van der Waals surface area contributed by atoms with Crippen molar-refractivity contribution < 1.29 is 32.0 Å². The molecule has 0 amide bonds. The fraction of sp³-hybridized carbons (Fsp3) is 0.364. The van der Waals surface area contributed by atoms with Crippen molar-refractivity contribution in [3.05, 3.63) is 34.5 Å². The monoisotopic (exact) mass is 307 g/mol. The van der Waals surface area contributed by atoms with Gasteiger partial charge in [0.15, 0.2) is 5.69 Å². The van der Waals surface area contributed by atoms with Gasteiger partial charge in [0.2, 0.25) is 0 Å². The van der Waals surface area contributed by atoms with Crippen LogP contribution in [-0.2, 0) is 6.54 Å². The second-order valence-electron chi connectivity index (χ2n) is 4.12. The Bertz CT molecular complexity index is 666. The molecule has 0 fully saturated rings. The van der Waals surface area contributed by atoms with Gasteiger partial charge >= 0.3 is 5.97 Å². The molecule has 114 valence electrons. The number of carbonyl (C=O) groups is 1. The van der Waals surface area contributed by atoms with Gasteiger partial charge in [-0.1, -0.05) is 5.16 Å². The molecule has 0 aliphatic rings. The number of nitrogens with zero attached hydrogens (tertiary/aromatic N) is 3. The van der Waals surface area contributed by atoms with Crippen LogP contribution in [0.15, 0.2) is 10.6 Å². The van der Waals surface area contributed by atoms with Crippen LogP contribution in [0.3, 0.4) is 0 Å². The molecule has 10 heteroatoms. The van der Waals surface area contributed by atoms with Crippen LogP contribution in [0.1, 0.15) is 46.1 Å². The first-order valence-electron chi connectivity index (χ1n) is 5.63. The Hall–Kier alpha value is -2.39. The van der Waals surface area contributed by atoms with E-state index in [0.717, 1.165) is 0 Å². The molecular weight excluding hydrogens is 298 g/mol. The number of alkyl halides is 4. The van der Waals surface area contributed by atoms with Crippen LogP contribution in [0.4, 0.5) is 17.6 Å². The van der Waals surface area contributed by atoms with E-state index in [0.29, 0.717) is 10.7 Å². The molecule has 0 saturated carbocycles. The van der Waals surface area contributed by atoms with Crippen molar-refractivity contribution in [3.63, 3.8) is 0 Å². The number of carboxylic acids is 1. The lowest BCUT2D eigenvalue weighted by atomic mass is 10.2. The molecule has 0 aromatic carbocycles. The number of aromatic carboxylic acids is 1. The zero-order valence-corrected chi connectivity index (χ0v) is 10.6. The summed E-state index contributed by atoms with van der Waals surface area (Å²) < 4.78 is 56.0. The molecule has 6 nitrogen and oxygen atoms in total. The van der Waals surface area contributed by atoms with Crippen molar-refractivity contribution >= 4 is 5.97 Å². The van der Waals surface area contributed by atoms with Gasteiger partial charge in [0, 0.05) is 0 Å². The molecule has 0 saturated heterocycles.